The van der Waals surface area contributed by atoms with Gasteiger partial charge in [-0.25, -0.2) is 0 Å². The summed E-state index contributed by atoms with van der Waals surface area (Å²) in [5.74, 6) is 0.833. The molecular formula is C15H38. The second-order valence-corrected chi connectivity index (χ2v) is 7.73. The van der Waals surface area contributed by atoms with E-state index in [-0.39, 0.29) is 7.43 Å². The van der Waals surface area contributed by atoms with Crippen LogP contribution in [0.3, 0.4) is 0 Å². The Balaban J connectivity index is -0.0000000590. The molecule has 0 aromatic carbocycles. The molecule has 0 amide bonds. The van der Waals surface area contributed by atoms with Gasteiger partial charge in [0.15, 0.2) is 0 Å². The minimum atomic E-state index is 0. The molecule has 0 aliphatic rings. The zero-order valence-electron chi connectivity index (χ0n) is 12.6. The second kappa shape index (κ2) is 10.5. The minimum Gasteiger partial charge on any atom is -0.0776 e. The van der Waals surface area contributed by atoms with E-state index in [1.54, 1.807) is 0 Å². The first-order valence-corrected chi connectivity index (χ1v) is 5.73. The van der Waals surface area contributed by atoms with Crippen molar-refractivity contribution in [2.75, 3.05) is 0 Å². The van der Waals surface area contributed by atoms with E-state index < -0.39 is 0 Å². The van der Waals surface area contributed by atoms with Gasteiger partial charge < -0.3 is 0 Å². The highest BCUT2D eigenvalue weighted by molar-refractivity contribution is 4.47. The number of hydrogen-bond donors (Lipinski definition) is 0. The van der Waals surface area contributed by atoms with Crippen LogP contribution in [-0.4, -0.2) is 0 Å². The smallest absolute Gasteiger partial charge is 0.0411 e. The predicted octanol–water partition coefficient (Wildman–Crippen LogP) is 6.40. The van der Waals surface area contributed by atoms with Crippen LogP contribution in [0.4, 0.5) is 0 Å². The molecule has 0 unspecified atom stereocenters. The molecule has 0 radical (unpaired) electrons. The van der Waals surface area contributed by atoms with Gasteiger partial charge in [-0.15, -0.1) is 0 Å². The zero-order chi connectivity index (χ0) is 12.6. The lowest BCUT2D eigenvalue weighted by atomic mass is 10.0. The van der Waals surface area contributed by atoms with E-state index in [1.807, 2.05) is 0 Å². The van der Waals surface area contributed by atoms with Gasteiger partial charge in [0.25, 0.3) is 0 Å². The van der Waals surface area contributed by atoms with Gasteiger partial charge in [0.05, 0.1) is 0 Å². The summed E-state index contributed by atoms with van der Waals surface area (Å²) in [6, 6.07) is 0. The molecule has 0 aromatic rings. The third-order valence-corrected chi connectivity index (χ3v) is 0. The average Bonchev–Trinajstić information content (AvgIpc) is 1.45. The standard InChI is InChI=1S/2C5H12.C4H10.CH4/c2*1-5(2,3)4;1-4(2)3;/h2*1-4H3;4H,1-3H3;1H4. The van der Waals surface area contributed by atoms with Crippen LogP contribution in [0.25, 0.3) is 0 Å². The Labute approximate surface area is 101 Å². The quantitative estimate of drug-likeness (QED) is 0.441. The largest absolute Gasteiger partial charge is 0.0776 e. The molecule has 0 rings (SSSR count). The molecule has 0 spiro atoms. The summed E-state index contributed by atoms with van der Waals surface area (Å²) in [6.45, 7) is 24.0. The van der Waals surface area contributed by atoms with Gasteiger partial charge >= 0.3 is 0 Å². The Bertz CT molecular complexity index is 69.4. The Hall–Kier alpha value is 0. The van der Waals surface area contributed by atoms with Crippen LogP contribution in [0.2, 0.25) is 0 Å². The molecule has 0 aromatic heterocycles. The van der Waals surface area contributed by atoms with Gasteiger partial charge in [-0.2, -0.15) is 0 Å². The Kier molecular flexibility index (Phi) is 17.0. The molecule has 98 valence electrons. The van der Waals surface area contributed by atoms with Crippen LogP contribution in [0, 0.1) is 16.7 Å². The summed E-state index contributed by atoms with van der Waals surface area (Å²) in [7, 11) is 0. The highest BCUT2D eigenvalue weighted by atomic mass is 14.0. The predicted molar refractivity (Wildman–Crippen MR) is 77.5 cm³/mol. The first kappa shape index (κ1) is 24.3. The maximum Gasteiger partial charge on any atom is -0.0411 e. The molecule has 0 fully saturated rings. The van der Waals surface area contributed by atoms with Crippen LogP contribution in [0.5, 0.6) is 0 Å². The third kappa shape index (κ3) is 0. The highest BCUT2D eigenvalue weighted by Crippen LogP contribution is 2.08. The van der Waals surface area contributed by atoms with Gasteiger partial charge in [0, 0.05) is 0 Å². The Morgan fingerprint density at radius 3 is 0.533 bits per heavy atom. The zero-order valence-corrected chi connectivity index (χ0v) is 12.6. The molecule has 15 heavy (non-hydrogen) atoms. The lowest BCUT2D eigenvalue weighted by Crippen LogP contribution is -1.93. The van der Waals surface area contributed by atoms with Crippen molar-refractivity contribution < 1.29 is 0 Å². The van der Waals surface area contributed by atoms with Gasteiger partial charge in [-0.05, 0) is 16.7 Å². The lowest BCUT2D eigenvalue weighted by Gasteiger charge is -2.05. The molecule has 0 heteroatoms. The van der Waals surface area contributed by atoms with Crippen LogP contribution in [-0.2, 0) is 0 Å². The Morgan fingerprint density at radius 2 is 0.533 bits per heavy atom. The minimum absolute atomic E-state index is 0. The van der Waals surface area contributed by atoms with Crippen molar-refractivity contribution in [1.29, 1.82) is 0 Å². The molecule has 0 heterocycles. The monoisotopic (exact) mass is 218 g/mol. The fourth-order valence-corrected chi connectivity index (χ4v) is 0. The van der Waals surface area contributed by atoms with E-state index in [9.17, 15) is 0 Å². The first-order chi connectivity index (χ1) is 5.73. The fraction of sp³-hybridized carbons (Fsp3) is 1.00. The van der Waals surface area contributed by atoms with Gasteiger partial charge in [-0.1, -0.05) is 83.6 Å². The SMILES string of the molecule is C.CC(C)(C)C.CC(C)(C)C.CC(C)C. The molecular weight excluding hydrogens is 180 g/mol. The molecule has 0 atom stereocenters. The number of rotatable bonds is 0. The summed E-state index contributed by atoms with van der Waals surface area (Å²) >= 11 is 0. The van der Waals surface area contributed by atoms with E-state index in [1.165, 1.54) is 0 Å². The number of hydrogen-bond acceptors (Lipinski definition) is 0. The maximum atomic E-state index is 2.19. The van der Waals surface area contributed by atoms with Crippen molar-refractivity contribution in [3.63, 3.8) is 0 Å². The van der Waals surface area contributed by atoms with E-state index in [2.05, 4.69) is 76.2 Å². The second-order valence-electron chi connectivity index (χ2n) is 7.73. The van der Waals surface area contributed by atoms with Gasteiger partial charge in [-0.3, -0.25) is 0 Å². The van der Waals surface area contributed by atoms with Crippen molar-refractivity contribution in [3.05, 3.63) is 0 Å². The van der Waals surface area contributed by atoms with E-state index in [0.29, 0.717) is 10.8 Å². The van der Waals surface area contributed by atoms with E-state index >= 15 is 0 Å². The summed E-state index contributed by atoms with van der Waals surface area (Å²) in [5.41, 5.74) is 1.00. The molecule has 0 nitrogen and oxygen atoms in total. The van der Waals surface area contributed by atoms with Crippen molar-refractivity contribution in [3.8, 4) is 0 Å². The normalized spacial score (nSPS) is 10.4. The van der Waals surface area contributed by atoms with Crippen LogP contribution in [0.1, 0.15) is 83.6 Å². The van der Waals surface area contributed by atoms with Crippen molar-refractivity contribution in [2.24, 2.45) is 16.7 Å². The van der Waals surface area contributed by atoms with Crippen molar-refractivity contribution in [2.45, 2.75) is 83.6 Å². The summed E-state index contributed by atoms with van der Waals surface area (Å²) < 4.78 is 0. The van der Waals surface area contributed by atoms with E-state index in [0.717, 1.165) is 5.92 Å². The van der Waals surface area contributed by atoms with Crippen molar-refractivity contribution >= 4 is 0 Å². The summed E-state index contributed by atoms with van der Waals surface area (Å²) in [6.07, 6.45) is 0. The summed E-state index contributed by atoms with van der Waals surface area (Å²) in [4.78, 5) is 0. The first-order valence-electron chi connectivity index (χ1n) is 5.73. The molecule has 0 bridgehead atoms. The van der Waals surface area contributed by atoms with E-state index in [4.69, 9.17) is 0 Å². The molecule has 0 saturated carbocycles. The maximum absolute atomic E-state index is 2.19. The molecule has 0 N–H and O–H groups in total. The highest BCUT2D eigenvalue weighted by Gasteiger charge is 1.96. The fourth-order valence-electron chi connectivity index (χ4n) is 0. The third-order valence-electron chi connectivity index (χ3n) is 0. The molecule has 0 aliphatic carbocycles. The average molecular weight is 218 g/mol. The van der Waals surface area contributed by atoms with Crippen LogP contribution in [0.15, 0.2) is 0 Å². The van der Waals surface area contributed by atoms with Gasteiger partial charge in [0.1, 0.15) is 0 Å². The Morgan fingerprint density at radius 1 is 0.533 bits per heavy atom. The van der Waals surface area contributed by atoms with Crippen molar-refractivity contribution in [1.82, 2.24) is 0 Å². The molecule has 0 aliphatic heterocycles. The lowest BCUT2D eigenvalue weighted by molar-refractivity contribution is 0.469. The molecule has 0 saturated heterocycles. The topological polar surface area (TPSA) is 0 Å². The van der Waals surface area contributed by atoms with Crippen LogP contribution < -0.4 is 0 Å². The van der Waals surface area contributed by atoms with Gasteiger partial charge in [0.2, 0.25) is 0 Å². The summed E-state index contributed by atoms with van der Waals surface area (Å²) in [5, 5.41) is 0. The van der Waals surface area contributed by atoms with Crippen LogP contribution >= 0.6 is 0 Å².